The molecule has 6 aromatic rings. The first-order valence-corrected chi connectivity index (χ1v) is 18.9. The maximum atomic E-state index is 17.0. The Balaban J connectivity index is 1.34. The fourth-order valence-corrected chi connectivity index (χ4v) is 9.23. The van der Waals surface area contributed by atoms with E-state index in [1.165, 1.54) is 0 Å². The maximum absolute atomic E-state index is 17.0. The van der Waals surface area contributed by atoms with E-state index < -0.39 is 22.9 Å². The highest BCUT2D eigenvalue weighted by Crippen LogP contribution is 2.59. The van der Waals surface area contributed by atoms with Crippen molar-refractivity contribution in [1.82, 2.24) is 0 Å². The van der Waals surface area contributed by atoms with E-state index >= 15 is 4.79 Å². The second kappa shape index (κ2) is 14.1. The zero-order valence-corrected chi connectivity index (χ0v) is 31.0. The number of ketones is 1. The average Bonchev–Trinajstić information content (AvgIpc) is 3.78. The first-order valence-electron chi connectivity index (χ1n) is 18.9. The number of rotatable bonds is 8. The van der Waals surface area contributed by atoms with E-state index in [0.717, 1.165) is 63.0 Å². The quantitative estimate of drug-likeness (QED) is 0.157. The molecular formula is C48H42N4O3. The monoisotopic (exact) mass is 722 g/mol. The molecule has 272 valence electrons. The van der Waals surface area contributed by atoms with Crippen molar-refractivity contribution < 1.29 is 14.3 Å². The highest BCUT2D eigenvalue weighted by Gasteiger charge is 2.70. The van der Waals surface area contributed by atoms with Crippen molar-refractivity contribution in [3.8, 4) is 11.5 Å². The van der Waals surface area contributed by atoms with E-state index in [9.17, 15) is 0 Å². The van der Waals surface area contributed by atoms with Gasteiger partial charge in [-0.05, 0) is 90.0 Å². The Kier molecular flexibility index (Phi) is 8.77. The summed E-state index contributed by atoms with van der Waals surface area (Å²) in [6.07, 6.45) is 1.95. The smallest absolute Gasteiger partial charge is 0.190 e. The van der Waals surface area contributed by atoms with Gasteiger partial charge in [-0.3, -0.25) is 14.8 Å². The molecule has 7 heteroatoms. The number of hydrazone groups is 2. The third-order valence-electron chi connectivity index (χ3n) is 11.6. The molecule has 1 saturated carbocycles. The number of hydrogen-bond acceptors (Lipinski definition) is 7. The number of Topliss-reactive ketones (excluding diaryl/α,β-unsaturated/α-hetero) is 1. The van der Waals surface area contributed by atoms with Gasteiger partial charge in [0, 0.05) is 0 Å². The van der Waals surface area contributed by atoms with Crippen LogP contribution in [-0.4, -0.2) is 42.5 Å². The number of ether oxygens (including phenoxy) is 2. The Morgan fingerprint density at radius 3 is 1.18 bits per heavy atom. The van der Waals surface area contributed by atoms with Crippen molar-refractivity contribution in [2.45, 2.75) is 42.2 Å². The van der Waals surface area contributed by atoms with Gasteiger partial charge in [-0.2, -0.15) is 10.2 Å². The van der Waals surface area contributed by atoms with Gasteiger partial charge in [-0.1, -0.05) is 121 Å². The van der Waals surface area contributed by atoms with E-state index in [4.69, 9.17) is 19.7 Å². The topological polar surface area (TPSA) is 66.7 Å². The van der Waals surface area contributed by atoms with E-state index in [1.807, 2.05) is 97.1 Å². The Labute approximate surface area is 322 Å². The molecule has 2 unspecified atom stereocenters. The highest BCUT2D eigenvalue weighted by molar-refractivity contribution is 6.21. The summed E-state index contributed by atoms with van der Waals surface area (Å²) in [5.74, 6) is 0.768. The first-order chi connectivity index (χ1) is 27.1. The highest BCUT2D eigenvalue weighted by atomic mass is 16.5. The van der Waals surface area contributed by atoms with Crippen LogP contribution in [0.4, 0.5) is 11.4 Å². The summed E-state index contributed by atoms with van der Waals surface area (Å²) in [7, 11) is 3.35. The summed E-state index contributed by atoms with van der Waals surface area (Å²) in [6, 6.07) is 57.3. The van der Waals surface area contributed by atoms with Crippen molar-refractivity contribution in [1.29, 1.82) is 0 Å². The number of methoxy groups -OCH3 is 2. The molecule has 0 N–H and O–H groups in total. The fourth-order valence-electron chi connectivity index (χ4n) is 9.23. The summed E-state index contributed by atoms with van der Waals surface area (Å²) >= 11 is 0. The van der Waals surface area contributed by atoms with Gasteiger partial charge in [0.25, 0.3) is 0 Å². The van der Waals surface area contributed by atoms with Crippen LogP contribution >= 0.6 is 0 Å². The van der Waals surface area contributed by atoms with Gasteiger partial charge in [-0.25, -0.2) is 0 Å². The molecular weight excluding hydrogens is 681 g/mol. The minimum absolute atomic E-state index is 0.0879. The standard InChI is InChI=1S/C48H42N4O3/c1-54-40-28-24-34(25-29-40)42-44(36-16-7-3-8-17-36)49-51(38-20-11-5-12-21-38)47(42)32-15-33-48(46(47)53)43(35-26-30-41(55-2)31-27-35)45(37-18-9-4-10-19-37)50-52(48)39-22-13-6-14-23-39/h3-14,16-31,42-43H,15,32-33H2,1-2H3/t42-,43-,47?,48?/m1/s1. The normalized spacial score (nSPS) is 23.2. The fraction of sp³-hybridized carbons (Fsp3) is 0.188. The van der Waals surface area contributed by atoms with Crippen LogP contribution in [0.3, 0.4) is 0 Å². The van der Waals surface area contributed by atoms with Crippen molar-refractivity contribution >= 4 is 28.6 Å². The molecule has 1 aliphatic carbocycles. The van der Waals surface area contributed by atoms with Crippen molar-refractivity contribution in [3.63, 3.8) is 0 Å². The van der Waals surface area contributed by atoms with Crippen molar-refractivity contribution in [3.05, 3.63) is 192 Å². The number of para-hydroxylation sites is 2. The Hall–Kier alpha value is -6.47. The van der Waals surface area contributed by atoms with E-state index in [0.29, 0.717) is 12.8 Å². The van der Waals surface area contributed by atoms with Gasteiger partial charge in [0.1, 0.15) is 22.6 Å². The van der Waals surface area contributed by atoms with Crippen LogP contribution in [0.5, 0.6) is 11.5 Å². The summed E-state index contributed by atoms with van der Waals surface area (Å²) in [4.78, 5) is 17.0. The van der Waals surface area contributed by atoms with Gasteiger partial charge < -0.3 is 9.47 Å². The van der Waals surface area contributed by atoms with Crippen molar-refractivity contribution in [2.24, 2.45) is 10.2 Å². The van der Waals surface area contributed by atoms with Gasteiger partial charge in [-0.15, -0.1) is 0 Å². The minimum atomic E-state index is -1.13. The van der Waals surface area contributed by atoms with E-state index in [2.05, 4.69) is 82.8 Å². The van der Waals surface area contributed by atoms with Crippen LogP contribution in [-0.2, 0) is 4.79 Å². The lowest BCUT2D eigenvalue weighted by molar-refractivity contribution is -0.132. The Morgan fingerprint density at radius 2 is 0.836 bits per heavy atom. The molecule has 55 heavy (non-hydrogen) atoms. The number of carbonyl (C=O) groups is 1. The average molecular weight is 723 g/mol. The number of anilines is 2. The molecule has 0 amide bonds. The minimum Gasteiger partial charge on any atom is -0.497 e. The third-order valence-corrected chi connectivity index (χ3v) is 11.6. The summed E-state index contributed by atoms with van der Waals surface area (Å²) in [5.41, 5.74) is 5.16. The van der Waals surface area contributed by atoms with Crippen LogP contribution < -0.4 is 19.5 Å². The van der Waals surface area contributed by atoms with Crippen LogP contribution in [0.15, 0.2) is 180 Å². The van der Waals surface area contributed by atoms with Gasteiger partial charge in [0.05, 0.1) is 48.9 Å². The van der Waals surface area contributed by atoms with E-state index in [1.54, 1.807) is 14.2 Å². The molecule has 7 nitrogen and oxygen atoms in total. The molecule has 6 aromatic carbocycles. The number of hydrogen-bond donors (Lipinski definition) is 0. The Morgan fingerprint density at radius 1 is 0.491 bits per heavy atom. The molecule has 0 saturated heterocycles. The Bertz CT molecular complexity index is 2180. The number of carbonyl (C=O) groups excluding carboxylic acids is 1. The lowest BCUT2D eigenvalue weighted by atomic mass is 9.57. The SMILES string of the molecule is COc1ccc([C@@H]2C(c3ccccc3)=NN(c3ccccc3)C23CCCC2(C3=O)[C@H](c3ccc(OC)cc3)C(c3ccccc3)=NN2c2ccccc2)cc1. The lowest BCUT2D eigenvalue weighted by Gasteiger charge is -2.53. The number of nitrogens with zero attached hydrogens (tertiary/aromatic N) is 4. The molecule has 0 bridgehead atoms. The summed E-state index contributed by atoms with van der Waals surface area (Å²) in [6.45, 7) is 0. The van der Waals surface area contributed by atoms with Gasteiger partial charge in [0.2, 0.25) is 0 Å². The molecule has 3 aliphatic rings. The number of benzene rings is 6. The second-order valence-electron chi connectivity index (χ2n) is 14.4. The van der Waals surface area contributed by atoms with E-state index in [-0.39, 0.29) is 5.78 Å². The van der Waals surface area contributed by atoms with Gasteiger partial charge >= 0.3 is 0 Å². The predicted molar refractivity (Wildman–Crippen MR) is 220 cm³/mol. The molecule has 4 atom stereocenters. The predicted octanol–water partition coefficient (Wildman–Crippen LogP) is 9.65. The zero-order chi connectivity index (χ0) is 37.4. The van der Waals surface area contributed by atoms with Crippen molar-refractivity contribution in [2.75, 3.05) is 24.2 Å². The molecule has 2 aliphatic heterocycles. The molecule has 2 heterocycles. The zero-order valence-electron chi connectivity index (χ0n) is 31.0. The molecule has 2 spiro atoms. The lowest BCUT2D eigenvalue weighted by Crippen LogP contribution is -2.70. The van der Waals surface area contributed by atoms with Crippen LogP contribution in [0, 0.1) is 0 Å². The maximum Gasteiger partial charge on any atom is 0.190 e. The molecule has 0 radical (unpaired) electrons. The van der Waals surface area contributed by atoms with Crippen LogP contribution in [0.2, 0.25) is 0 Å². The van der Waals surface area contributed by atoms with Gasteiger partial charge in [0.15, 0.2) is 5.78 Å². The molecule has 1 fully saturated rings. The largest absolute Gasteiger partial charge is 0.497 e. The summed E-state index contributed by atoms with van der Waals surface area (Å²) < 4.78 is 11.3. The first kappa shape index (κ1) is 34.3. The second-order valence-corrected chi connectivity index (χ2v) is 14.4. The molecule has 0 aromatic heterocycles. The molecule has 9 rings (SSSR count). The third kappa shape index (κ3) is 5.53. The summed E-state index contributed by atoms with van der Waals surface area (Å²) in [5, 5.41) is 15.2. The van der Waals surface area contributed by atoms with Crippen LogP contribution in [0.25, 0.3) is 0 Å². The van der Waals surface area contributed by atoms with Crippen LogP contribution in [0.1, 0.15) is 53.4 Å².